The summed E-state index contributed by atoms with van der Waals surface area (Å²) in [6, 6.07) is 71.7. The van der Waals surface area contributed by atoms with E-state index < -0.39 is 0 Å². The molecule has 3 nitrogen and oxygen atoms in total. The highest BCUT2D eigenvalue weighted by atomic mass is 15.1. The zero-order valence-electron chi connectivity index (χ0n) is 32.4. The van der Waals surface area contributed by atoms with Crippen LogP contribution in [0, 0.1) is 0 Å². The van der Waals surface area contributed by atoms with Gasteiger partial charge >= 0.3 is 0 Å². The van der Waals surface area contributed by atoms with Gasteiger partial charge in [0, 0.05) is 39.0 Å². The molecule has 0 unspecified atom stereocenters. The van der Waals surface area contributed by atoms with E-state index in [9.17, 15) is 0 Å². The van der Waals surface area contributed by atoms with Crippen molar-refractivity contribution < 1.29 is 0 Å². The molecule has 1 aromatic heterocycles. The number of benzene rings is 9. The van der Waals surface area contributed by atoms with Crippen LogP contribution >= 0.6 is 0 Å². The molecule has 0 saturated carbocycles. The van der Waals surface area contributed by atoms with Crippen LogP contribution in [0.25, 0.3) is 77.3 Å². The lowest BCUT2D eigenvalue weighted by Crippen LogP contribution is -2.16. The van der Waals surface area contributed by atoms with Gasteiger partial charge in [0.05, 0.1) is 22.4 Å². The van der Waals surface area contributed by atoms with Gasteiger partial charge in [-0.2, -0.15) is 0 Å². The number of fused-ring (bicyclic) bond motifs is 8. The van der Waals surface area contributed by atoms with Crippen LogP contribution in [-0.2, 0) is 5.41 Å². The van der Waals surface area contributed by atoms with Crippen LogP contribution in [-0.4, -0.2) is 9.97 Å². The van der Waals surface area contributed by atoms with Gasteiger partial charge in [0.2, 0.25) is 0 Å². The molecular formula is C55H39N3. The van der Waals surface area contributed by atoms with Gasteiger partial charge < -0.3 is 4.90 Å². The van der Waals surface area contributed by atoms with Crippen molar-refractivity contribution in [1.29, 1.82) is 0 Å². The zero-order chi connectivity index (χ0) is 38.8. The molecule has 1 aliphatic rings. The quantitative estimate of drug-likeness (QED) is 0.159. The SMILES string of the molecule is CC1(C)c2cc(N(c3ccccc3)c3ccccc3)ccc2-c2c(-c3ccc4c(ccc5ccc6nc(-c7ccccc7)c(-c7ccccc7)nc6c54)c3)cccc21. The van der Waals surface area contributed by atoms with Gasteiger partial charge in [-0.25, -0.2) is 9.97 Å². The third-order valence-corrected chi connectivity index (χ3v) is 12.0. The topological polar surface area (TPSA) is 29.0 Å². The zero-order valence-corrected chi connectivity index (χ0v) is 32.4. The van der Waals surface area contributed by atoms with Crippen molar-refractivity contribution >= 4 is 49.6 Å². The second kappa shape index (κ2) is 13.4. The maximum absolute atomic E-state index is 5.46. The number of hydrogen-bond acceptors (Lipinski definition) is 3. The molecule has 10 aromatic rings. The Labute approximate surface area is 338 Å². The third kappa shape index (κ3) is 5.43. The summed E-state index contributed by atoms with van der Waals surface area (Å²) in [7, 11) is 0. The van der Waals surface area contributed by atoms with E-state index in [0.717, 1.165) is 61.4 Å². The monoisotopic (exact) mass is 741 g/mol. The van der Waals surface area contributed by atoms with Crippen molar-refractivity contribution in [2.24, 2.45) is 0 Å². The first-order valence-electron chi connectivity index (χ1n) is 20.0. The lowest BCUT2D eigenvalue weighted by atomic mass is 9.81. The summed E-state index contributed by atoms with van der Waals surface area (Å²) in [5, 5.41) is 4.64. The molecule has 0 saturated heterocycles. The molecule has 0 aliphatic heterocycles. The number of anilines is 3. The molecule has 3 heteroatoms. The normalized spacial score (nSPS) is 12.8. The molecule has 1 aliphatic carbocycles. The molecule has 9 aromatic carbocycles. The fourth-order valence-electron chi connectivity index (χ4n) is 9.19. The Kier molecular flexibility index (Phi) is 7.84. The molecule has 0 amide bonds. The molecule has 58 heavy (non-hydrogen) atoms. The molecule has 1 heterocycles. The van der Waals surface area contributed by atoms with Gasteiger partial charge in [-0.15, -0.1) is 0 Å². The summed E-state index contributed by atoms with van der Waals surface area (Å²) >= 11 is 0. The first-order valence-corrected chi connectivity index (χ1v) is 20.0. The Morgan fingerprint density at radius 1 is 0.414 bits per heavy atom. The van der Waals surface area contributed by atoms with Gasteiger partial charge in [0.25, 0.3) is 0 Å². The van der Waals surface area contributed by atoms with Crippen molar-refractivity contribution in [3.8, 4) is 44.8 Å². The first kappa shape index (κ1) is 33.9. The second-order valence-corrected chi connectivity index (χ2v) is 15.8. The fraction of sp³-hybridized carbons (Fsp3) is 0.0545. The van der Waals surface area contributed by atoms with Crippen molar-refractivity contribution in [2.45, 2.75) is 19.3 Å². The molecule has 11 rings (SSSR count). The Morgan fingerprint density at radius 3 is 1.69 bits per heavy atom. The molecule has 0 fully saturated rings. The van der Waals surface area contributed by atoms with E-state index >= 15 is 0 Å². The van der Waals surface area contributed by atoms with Crippen LogP contribution in [0.4, 0.5) is 17.1 Å². The Hall–Kier alpha value is -7.36. The Balaban J connectivity index is 1.06. The second-order valence-electron chi connectivity index (χ2n) is 15.8. The van der Waals surface area contributed by atoms with Gasteiger partial charge in [0.1, 0.15) is 0 Å². The number of nitrogens with zero attached hydrogens (tertiary/aromatic N) is 3. The predicted molar refractivity (Wildman–Crippen MR) is 243 cm³/mol. The average molecular weight is 742 g/mol. The molecule has 274 valence electrons. The van der Waals surface area contributed by atoms with E-state index in [0.29, 0.717) is 0 Å². The van der Waals surface area contributed by atoms with Crippen LogP contribution in [0.5, 0.6) is 0 Å². The van der Waals surface area contributed by atoms with E-state index in [1.165, 1.54) is 44.2 Å². The van der Waals surface area contributed by atoms with E-state index in [2.05, 4.69) is 207 Å². The van der Waals surface area contributed by atoms with E-state index in [4.69, 9.17) is 9.97 Å². The van der Waals surface area contributed by atoms with Crippen molar-refractivity contribution in [3.05, 3.63) is 211 Å². The minimum Gasteiger partial charge on any atom is -0.310 e. The first-order chi connectivity index (χ1) is 28.5. The largest absolute Gasteiger partial charge is 0.310 e. The van der Waals surface area contributed by atoms with Crippen LogP contribution in [0.1, 0.15) is 25.0 Å². The summed E-state index contributed by atoms with van der Waals surface area (Å²) in [5.74, 6) is 0. The lowest BCUT2D eigenvalue weighted by molar-refractivity contribution is 0.660. The minimum atomic E-state index is -0.185. The predicted octanol–water partition coefficient (Wildman–Crippen LogP) is 14.7. The maximum Gasteiger partial charge on any atom is 0.0979 e. The van der Waals surface area contributed by atoms with E-state index in [1.807, 2.05) is 12.1 Å². The number of rotatable bonds is 6. The average Bonchev–Trinajstić information content (AvgIpc) is 3.52. The van der Waals surface area contributed by atoms with Gasteiger partial charge in [-0.1, -0.05) is 166 Å². The lowest BCUT2D eigenvalue weighted by Gasteiger charge is -2.28. The number of hydrogen-bond donors (Lipinski definition) is 0. The summed E-state index contributed by atoms with van der Waals surface area (Å²) in [6.07, 6.45) is 0. The minimum absolute atomic E-state index is 0.185. The highest BCUT2D eigenvalue weighted by Gasteiger charge is 2.37. The fourth-order valence-corrected chi connectivity index (χ4v) is 9.19. The Bertz CT molecular complexity index is 3130. The third-order valence-electron chi connectivity index (χ3n) is 12.0. The maximum atomic E-state index is 5.46. The smallest absolute Gasteiger partial charge is 0.0979 e. The summed E-state index contributed by atoms with van der Waals surface area (Å²) < 4.78 is 0. The molecular weight excluding hydrogens is 703 g/mol. The summed E-state index contributed by atoms with van der Waals surface area (Å²) in [6.45, 7) is 4.73. The molecule has 0 N–H and O–H groups in total. The number of para-hydroxylation sites is 2. The summed E-state index contributed by atoms with van der Waals surface area (Å²) in [4.78, 5) is 13.1. The van der Waals surface area contributed by atoms with E-state index in [1.54, 1.807) is 0 Å². The van der Waals surface area contributed by atoms with Gasteiger partial charge in [-0.3, -0.25) is 0 Å². The summed E-state index contributed by atoms with van der Waals surface area (Å²) in [5.41, 5.74) is 16.7. The van der Waals surface area contributed by atoms with Crippen molar-refractivity contribution in [1.82, 2.24) is 9.97 Å². The molecule has 0 spiro atoms. The highest BCUT2D eigenvalue weighted by Crippen LogP contribution is 2.54. The van der Waals surface area contributed by atoms with Crippen LogP contribution in [0.3, 0.4) is 0 Å². The molecule has 0 radical (unpaired) electrons. The van der Waals surface area contributed by atoms with Crippen LogP contribution < -0.4 is 4.90 Å². The standard InChI is InChI=1S/C55H39N3/c1-55(2)47-25-15-24-44(51(47)46-32-30-43(35-48(46)55)58(41-20-11-5-12-21-41)42-22-13-6-14-23-42)40-28-31-45-39(34-40)27-26-36-29-33-49-54(50(36)45)57-53(38-18-9-4-10-19-38)52(56-49)37-16-7-3-8-17-37/h3-35H,1-2H3. The van der Waals surface area contributed by atoms with Crippen LogP contribution in [0.15, 0.2) is 200 Å². The molecule has 0 bridgehead atoms. The highest BCUT2D eigenvalue weighted by molar-refractivity contribution is 6.19. The van der Waals surface area contributed by atoms with Crippen molar-refractivity contribution in [2.75, 3.05) is 4.90 Å². The van der Waals surface area contributed by atoms with Gasteiger partial charge in [0.15, 0.2) is 0 Å². The van der Waals surface area contributed by atoms with E-state index in [-0.39, 0.29) is 5.41 Å². The Morgan fingerprint density at radius 2 is 1.02 bits per heavy atom. The van der Waals surface area contributed by atoms with Crippen molar-refractivity contribution in [3.63, 3.8) is 0 Å². The number of aromatic nitrogens is 2. The van der Waals surface area contributed by atoms with Crippen LogP contribution in [0.2, 0.25) is 0 Å². The molecule has 0 atom stereocenters. The van der Waals surface area contributed by atoms with Gasteiger partial charge in [-0.05, 0) is 98.1 Å².